The van der Waals surface area contributed by atoms with Crippen LogP contribution in [0.15, 0.2) is 33.7 Å². The van der Waals surface area contributed by atoms with Crippen LogP contribution in [0.4, 0.5) is 17.6 Å². The lowest BCUT2D eigenvalue weighted by atomic mass is 10.3. The number of hydrogen-bond donors (Lipinski definition) is 3. The van der Waals surface area contributed by atoms with Gasteiger partial charge in [0.05, 0.1) is 0 Å². The molecule has 1 heterocycles. The van der Waals surface area contributed by atoms with Crippen molar-refractivity contribution in [2.24, 2.45) is 16.5 Å². The van der Waals surface area contributed by atoms with Crippen molar-refractivity contribution in [2.75, 3.05) is 5.32 Å². The molecule has 2 rings (SSSR count). The van der Waals surface area contributed by atoms with Gasteiger partial charge in [-0.05, 0) is 24.3 Å². The molecule has 0 aliphatic rings. The van der Waals surface area contributed by atoms with Crippen molar-refractivity contribution >= 4 is 39.5 Å². The Labute approximate surface area is 111 Å². The van der Waals surface area contributed by atoms with Gasteiger partial charge in [0.25, 0.3) is 11.9 Å². The number of nitrogens with zero attached hydrogens (tertiary/aromatic N) is 5. The molecule has 2 aromatic rings. The Bertz CT molecular complexity index is 546. The topological polar surface area (TPSA) is 128 Å². The number of hydrogen-bond acceptors (Lipinski definition) is 6. The van der Waals surface area contributed by atoms with E-state index in [4.69, 9.17) is 11.5 Å². The highest BCUT2D eigenvalue weighted by Crippen LogP contribution is 2.16. The van der Waals surface area contributed by atoms with Gasteiger partial charge >= 0.3 is 0 Å². The van der Waals surface area contributed by atoms with Gasteiger partial charge in [0.15, 0.2) is 5.96 Å². The number of guanidine groups is 1. The first-order valence-electron chi connectivity index (χ1n) is 4.83. The zero-order chi connectivity index (χ0) is 13.0. The van der Waals surface area contributed by atoms with Gasteiger partial charge in [-0.15, -0.1) is 20.4 Å². The average molecular weight is 309 g/mol. The van der Waals surface area contributed by atoms with Crippen molar-refractivity contribution in [2.45, 2.75) is 0 Å². The monoisotopic (exact) mass is 308 g/mol. The minimum atomic E-state index is -0.146. The first-order chi connectivity index (χ1) is 8.63. The third-order valence-electron chi connectivity index (χ3n) is 1.80. The van der Waals surface area contributed by atoms with E-state index >= 15 is 0 Å². The van der Waals surface area contributed by atoms with Crippen molar-refractivity contribution in [1.82, 2.24) is 20.4 Å². The second kappa shape index (κ2) is 5.36. The molecule has 5 N–H and O–H groups in total. The molecule has 0 aliphatic carbocycles. The minimum absolute atomic E-state index is 0.0105. The summed E-state index contributed by atoms with van der Waals surface area (Å²) in [6.07, 6.45) is 0. The van der Waals surface area contributed by atoms with E-state index in [9.17, 15) is 0 Å². The number of aliphatic imine (C=N–C) groups is 1. The molecular weight excluding hydrogens is 300 g/mol. The van der Waals surface area contributed by atoms with Crippen LogP contribution in [0, 0.1) is 0 Å². The summed E-state index contributed by atoms with van der Waals surface area (Å²) in [4.78, 5) is 3.61. The van der Waals surface area contributed by atoms with Gasteiger partial charge in [-0.1, -0.05) is 15.9 Å². The summed E-state index contributed by atoms with van der Waals surface area (Å²) >= 11 is 3.34. The van der Waals surface area contributed by atoms with Crippen molar-refractivity contribution in [3.8, 4) is 0 Å². The van der Waals surface area contributed by atoms with Crippen molar-refractivity contribution in [3.63, 3.8) is 0 Å². The first kappa shape index (κ1) is 12.2. The van der Waals surface area contributed by atoms with Crippen LogP contribution in [0.2, 0.25) is 0 Å². The molecule has 0 spiro atoms. The van der Waals surface area contributed by atoms with Crippen molar-refractivity contribution < 1.29 is 0 Å². The molecule has 18 heavy (non-hydrogen) atoms. The number of aromatic nitrogens is 4. The Kier molecular flexibility index (Phi) is 3.63. The lowest BCUT2D eigenvalue weighted by Gasteiger charge is -2.02. The van der Waals surface area contributed by atoms with Gasteiger partial charge < -0.3 is 16.8 Å². The Hall–Kier alpha value is -2.29. The van der Waals surface area contributed by atoms with E-state index in [1.165, 1.54) is 0 Å². The summed E-state index contributed by atoms with van der Waals surface area (Å²) in [7, 11) is 0. The number of rotatable bonds is 3. The highest BCUT2D eigenvalue weighted by atomic mass is 79.9. The van der Waals surface area contributed by atoms with E-state index in [1.807, 2.05) is 24.3 Å². The van der Waals surface area contributed by atoms with E-state index in [1.54, 1.807) is 0 Å². The molecule has 0 saturated carbocycles. The fraction of sp³-hybridized carbons (Fsp3) is 0. The van der Waals surface area contributed by atoms with Crippen LogP contribution in [-0.4, -0.2) is 26.4 Å². The summed E-state index contributed by atoms with van der Waals surface area (Å²) in [5, 5.41) is 17.9. The molecule has 8 nitrogen and oxygen atoms in total. The lowest BCUT2D eigenvalue weighted by Crippen LogP contribution is -2.22. The van der Waals surface area contributed by atoms with Gasteiger partial charge in [-0.3, -0.25) is 0 Å². The molecule has 0 radical (unpaired) electrons. The van der Waals surface area contributed by atoms with Gasteiger partial charge in [0.2, 0.25) is 0 Å². The smallest absolute Gasteiger partial charge is 0.291 e. The van der Waals surface area contributed by atoms with Gasteiger partial charge in [0.1, 0.15) is 0 Å². The number of halogens is 1. The summed E-state index contributed by atoms with van der Waals surface area (Å²) in [5.74, 6) is 0.121. The zero-order valence-corrected chi connectivity index (χ0v) is 10.7. The molecule has 1 aromatic heterocycles. The molecule has 0 fully saturated rings. The largest absolute Gasteiger partial charge is 0.370 e. The number of nitrogens with two attached hydrogens (primary N) is 2. The summed E-state index contributed by atoms with van der Waals surface area (Å²) in [5.41, 5.74) is 11.2. The SMILES string of the molecule is NC(N)=Nc1nnc(Nc2ccc(Br)cc2)nn1. The van der Waals surface area contributed by atoms with Crippen LogP contribution in [0.25, 0.3) is 0 Å². The highest BCUT2D eigenvalue weighted by molar-refractivity contribution is 9.10. The number of anilines is 2. The molecule has 0 saturated heterocycles. The molecule has 1 aromatic carbocycles. The maximum Gasteiger partial charge on any atom is 0.291 e. The van der Waals surface area contributed by atoms with Crippen LogP contribution in [0.1, 0.15) is 0 Å². The third kappa shape index (κ3) is 3.35. The van der Waals surface area contributed by atoms with Gasteiger partial charge in [-0.25, -0.2) is 0 Å². The number of benzene rings is 1. The molecule has 9 heteroatoms. The summed E-state index contributed by atoms with van der Waals surface area (Å²) in [6, 6.07) is 7.49. The molecule has 0 bridgehead atoms. The van der Waals surface area contributed by atoms with Crippen molar-refractivity contribution in [3.05, 3.63) is 28.7 Å². The minimum Gasteiger partial charge on any atom is -0.370 e. The zero-order valence-electron chi connectivity index (χ0n) is 9.08. The lowest BCUT2D eigenvalue weighted by molar-refractivity contribution is 0.864. The molecule has 92 valence electrons. The maximum atomic E-state index is 5.17. The van der Waals surface area contributed by atoms with Crippen LogP contribution in [0.5, 0.6) is 0 Å². The maximum absolute atomic E-state index is 5.17. The standard InChI is InChI=1S/C9H9BrN8/c10-5-1-3-6(4-2-5)13-8-15-17-9(18-16-8)14-7(11)12/h1-4H,(H,13,15,16)(H4,11,12,14,17,18). The van der Waals surface area contributed by atoms with Crippen LogP contribution < -0.4 is 16.8 Å². The Morgan fingerprint density at radius 1 is 1.06 bits per heavy atom. The normalized spacial score (nSPS) is 9.83. The van der Waals surface area contributed by atoms with E-state index < -0.39 is 0 Å². The van der Waals surface area contributed by atoms with E-state index in [-0.39, 0.29) is 17.9 Å². The molecule has 0 amide bonds. The van der Waals surface area contributed by atoms with E-state index in [0.29, 0.717) is 0 Å². The Morgan fingerprint density at radius 2 is 1.67 bits per heavy atom. The molecule has 0 aliphatic heterocycles. The Morgan fingerprint density at radius 3 is 2.22 bits per heavy atom. The fourth-order valence-corrected chi connectivity index (χ4v) is 1.36. The van der Waals surface area contributed by atoms with Crippen LogP contribution in [0.3, 0.4) is 0 Å². The fourth-order valence-electron chi connectivity index (χ4n) is 1.10. The second-order valence-corrected chi connectivity index (χ2v) is 4.11. The Balaban J connectivity index is 2.11. The predicted molar refractivity (Wildman–Crippen MR) is 70.5 cm³/mol. The summed E-state index contributed by atoms with van der Waals surface area (Å²) < 4.78 is 0.980. The summed E-state index contributed by atoms with van der Waals surface area (Å²) in [6.45, 7) is 0. The van der Waals surface area contributed by atoms with E-state index in [2.05, 4.69) is 46.6 Å². The van der Waals surface area contributed by atoms with Crippen LogP contribution in [-0.2, 0) is 0 Å². The van der Waals surface area contributed by atoms with Gasteiger partial charge in [-0.2, -0.15) is 4.99 Å². The number of nitrogens with one attached hydrogen (secondary N) is 1. The van der Waals surface area contributed by atoms with Gasteiger partial charge in [0, 0.05) is 10.2 Å². The second-order valence-electron chi connectivity index (χ2n) is 3.19. The van der Waals surface area contributed by atoms with Crippen molar-refractivity contribution in [1.29, 1.82) is 0 Å². The quantitative estimate of drug-likeness (QED) is 0.561. The first-order valence-corrected chi connectivity index (χ1v) is 5.62. The predicted octanol–water partition coefficient (Wildman–Crippen LogP) is 0.678. The third-order valence-corrected chi connectivity index (χ3v) is 2.33. The molecule has 0 atom stereocenters. The average Bonchev–Trinajstić information content (AvgIpc) is 2.34. The van der Waals surface area contributed by atoms with E-state index in [0.717, 1.165) is 10.2 Å². The molecular formula is C9H9BrN8. The molecule has 0 unspecified atom stereocenters. The van der Waals surface area contributed by atoms with Crippen LogP contribution >= 0.6 is 15.9 Å². The highest BCUT2D eigenvalue weighted by Gasteiger charge is 2.01.